The molecule has 0 aromatic heterocycles. The fourth-order valence-corrected chi connectivity index (χ4v) is 3.64. The van der Waals surface area contributed by atoms with Crippen LogP contribution in [-0.2, 0) is 22.7 Å². The Morgan fingerprint density at radius 2 is 0.974 bits per heavy atom. The summed E-state index contributed by atoms with van der Waals surface area (Å²) < 4.78 is 33.7. The fraction of sp³-hybridized carbons (Fsp3) is 0.188. The third-order valence-electron chi connectivity index (χ3n) is 5.57. The summed E-state index contributed by atoms with van der Waals surface area (Å²) in [6.07, 6.45) is 3.96. The van der Waals surface area contributed by atoms with Gasteiger partial charge >= 0.3 is 0 Å². The number of rotatable bonds is 14. The average molecular weight is 513 g/mol. The molecule has 0 N–H and O–H groups in total. The van der Waals surface area contributed by atoms with Gasteiger partial charge in [-0.15, -0.1) is 0 Å². The van der Waals surface area contributed by atoms with Crippen molar-refractivity contribution in [2.45, 2.75) is 13.2 Å². The normalized spacial score (nSPS) is 10.9. The highest BCUT2D eigenvalue weighted by Gasteiger charge is 2.08. The fourth-order valence-electron chi connectivity index (χ4n) is 3.64. The van der Waals surface area contributed by atoms with Crippen LogP contribution in [0, 0.1) is 0 Å². The van der Waals surface area contributed by atoms with Crippen LogP contribution in [0.5, 0.6) is 23.0 Å². The molecule has 6 heteroatoms. The third-order valence-corrected chi connectivity index (χ3v) is 5.57. The zero-order valence-electron chi connectivity index (χ0n) is 21.7. The van der Waals surface area contributed by atoms with Crippen LogP contribution in [0.15, 0.2) is 97.1 Å². The van der Waals surface area contributed by atoms with Crippen molar-refractivity contribution in [1.29, 1.82) is 0 Å². The first kappa shape index (κ1) is 26.8. The highest BCUT2D eigenvalue weighted by atomic mass is 16.7. The summed E-state index contributed by atoms with van der Waals surface area (Å²) >= 11 is 0. The van der Waals surface area contributed by atoms with Crippen molar-refractivity contribution in [1.82, 2.24) is 0 Å². The van der Waals surface area contributed by atoms with E-state index in [0.717, 1.165) is 33.8 Å². The number of methoxy groups -OCH3 is 2. The third kappa shape index (κ3) is 8.13. The Labute approximate surface area is 224 Å². The molecule has 0 aliphatic heterocycles. The monoisotopic (exact) mass is 512 g/mol. The molecule has 0 amide bonds. The predicted molar refractivity (Wildman–Crippen MR) is 148 cm³/mol. The molecule has 6 nitrogen and oxygen atoms in total. The molecule has 196 valence electrons. The van der Waals surface area contributed by atoms with Gasteiger partial charge in [-0.2, -0.15) is 0 Å². The highest BCUT2D eigenvalue weighted by Crippen LogP contribution is 2.31. The Kier molecular flexibility index (Phi) is 10.2. The second-order valence-electron chi connectivity index (χ2n) is 8.38. The van der Waals surface area contributed by atoms with Gasteiger partial charge in [-0.25, -0.2) is 0 Å². The van der Waals surface area contributed by atoms with E-state index in [2.05, 4.69) is 0 Å². The molecule has 4 aromatic carbocycles. The van der Waals surface area contributed by atoms with Gasteiger partial charge in [0.1, 0.15) is 36.2 Å². The Morgan fingerprint density at radius 1 is 0.500 bits per heavy atom. The molecule has 0 aliphatic rings. The van der Waals surface area contributed by atoms with Gasteiger partial charge in [0.15, 0.2) is 13.6 Å². The molecule has 0 saturated heterocycles. The Bertz CT molecular complexity index is 1290. The van der Waals surface area contributed by atoms with Gasteiger partial charge in [-0.1, -0.05) is 72.8 Å². The van der Waals surface area contributed by atoms with Crippen molar-refractivity contribution in [2.24, 2.45) is 0 Å². The van der Waals surface area contributed by atoms with Crippen molar-refractivity contribution < 1.29 is 28.4 Å². The number of hydrogen-bond donors (Lipinski definition) is 0. The maximum atomic E-state index is 6.25. The van der Waals surface area contributed by atoms with Crippen LogP contribution in [0.4, 0.5) is 0 Å². The zero-order chi connectivity index (χ0) is 26.4. The molecule has 38 heavy (non-hydrogen) atoms. The van der Waals surface area contributed by atoms with Gasteiger partial charge in [0.05, 0.1) is 0 Å². The molecule has 0 bridgehead atoms. The molecule has 0 aliphatic carbocycles. The summed E-state index contributed by atoms with van der Waals surface area (Å²) in [7, 11) is 3.16. The molecule has 4 aromatic rings. The van der Waals surface area contributed by atoms with E-state index in [1.54, 1.807) is 14.2 Å². The minimum absolute atomic E-state index is 0.119. The second kappa shape index (κ2) is 14.5. The molecule has 0 atom stereocenters. The Morgan fingerprint density at radius 3 is 1.53 bits per heavy atom. The van der Waals surface area contributed by atoms with E-state index < -0.39 is 0 Å². The van der Waals surface area contributed by atoms with Crippen molar-refractivity contribution in [3.63, 3.8) is 0 Å². The van der Waals surface area contributed by atoms with Gasteiger partial charge in [0.2, 0.25) is 0 Å². The summed E-state index contributed by atoms with van der Waals surface area (Å²) in [5.41, 5.74) is 3.96. The first-order valence-electron chi connectivity index (χ1n) is 12.3. The summed E-state index contributed by atoms with van der Waals surface area (Å²) in [5.74, 6) is 2.72. The predicted octanol–water partition coefficient (Wildman–Crippen LogP) is 6.98. The van der Waals surface area contributed by atoms with Crippen LogP contribution < -0.4 is 18.9 Å². The molecular formula is C32H32O6. The van der Waals surface area contributed by atoms with Gasteiger partial charge < -0.3 is 28.4 Å². The standard InChI is InChI=1S/C32H32O6/c1-33-23-37-30-18-16-28(32(20-30)38-24-34-2)14-13-27-15-17-29(35-21-25-9-5-3-6-10-25)19-31(27)36-22-26-11-7-4-8-12-26/h3-20H,21-24H2,1-2H3/b14-13+. The first-order valence-corrected chi connectivity index (χ1v) is 12.3. The van der Waals surface area contributed by atoms with Gasteiger partial charge in [-0.05, 0) is 35.4 Å². The van der Waals surface area contributed by atoms with E-state index in [-0.39, 0.29) is 13.6 Å². The zero-order valence-corrected chi connectivity index (χ0v) is 21.7. The SMILES string of the molecule is COCOc1ccc(/C=C/c2ccc(OCc3ccccc3)cc2OCc2ccccc2)c(OCOC)c1. The lowest BCUT2D eigenvalue weighted by molar-refractivity contribution is 0.0459. The first-order chi connectivity index (χ1) is 18.7. The smallest absolute Gasteiger partial charge is 0.188 e. The van der Waals surface area contributed by atoms with Gasteiger partial charge in [-0.3, -0.25) is 0 Å². The molecule has 4 rings (SSSR count). The van der Waals surface area contributed by atoms with Gasteiger partial charge in [0, 0.05) is 37.5 Å². The molecular weight excluding hydrogens is 480 g/mol. The number of hydrogen-bond acceptors (Lipinski definition) is 6. The minimum atomic E-state index is 0.119. The summed E-state index contributed by atoms with van der Waals surface area (Å²) in [6, 6.07) is 31.6. The molecule has 0 radical (unpaired) electrons. The lowest BCUT2D eigenvalue weighted by atomic mass is 10.1. The largest absolute Gasteiger partial charge is 0.489 e. The molecule has 0 heterocycles. The molecule has 0 fully saturated rings. The quantitative estimate of drug-likeness (QED) is 0.134. The molecule has 0 unspecified atom stereocenters. The van der Waals surface area contributed by atoms with Crippen molar-refractivity contribution in [3.8, 4) is 23.0 Å². The van der Waals surface area contributed by atoms with Crippen molar-refractivity contribution >= 4 is 12.2 Å². The lowest BCUT2D eigenvalue weighted by Crippen LogP contribution is -2.02. The summed E-state index contributed by atoms with van der Waals surface area (Å²) in [5, 5.41) is 0. The van der Waals surface area contributed by atoms with Crippen LogP contribution in [0.25, 0.3) is 12.2 Å². The summed E-state index contributed by atoms with van der Waals surface area (Å²) in [6.45, 7) is 1.19. The maximum Gasteiger partial charge on any atom is 0.188 e. The number of ether oxygens (including phenoxy) is 6. The Hall–Kier alpha value is -4.26. The number of benzene rings is 4. The van der Waals surface area contributed by atoms with E-state index >= 15 is 0 Å². The van der Waals surface area contributed by atoms with Gasteiger partial charge in [0.25, 0.3) is 0 Å². The maximum absolute atomic E-state index is 6.25. The van der Waals surface area contributed by atoms with Crippen molar-refractivity contribution in [2.75, 3.05) is 27.8 Å². The van der Waals surface area contributed by atoms with E-state index in [1.165, 1.54) is 0 Å². The lowest BCUT2D eigenvalue weighted by Gasteiger charge is -2.13. The summed E-state index contributed by atoms with van der Waals surface area (Å²) in [4.78, 5) is 0. The molecule has 0 saturated carbocycles. The average Bonchev–Trinajstić information content (AvgIpc) is 2.97. The minimum Gasteiger partial charge on any atom is -0.489 e. The van der Waals surface area contributed by atoms with Crippen LogP contribution >= 0.6 is 0 Å². The van der Waals surface area contributed by atoms with E-state index in [9.17, 15) is 0 Å². The van der Waals surface area contributed by atoms with Crippen LogP contribution in [0.2, 0.25) is 0 Å². The topological polar surface area (TPSA) is 55.4 Å². The van der Waals surface area contributed by atoms with Crippen LogP contribution in [-0.4, -0.2) is 27.8 Å². The van der Waals surface area contributed by atoms with Crippen LogP contribution in [0.3, 0.4) is 0 Å². The van der Waals surface area contributed by atoms with Crippen LogP contribution in [0.1, 0.15) is 22.3 Å². The van der Waals surface area contributed by atoms with E-state index in [4.69, 9.17) is 28.4 Å². The second-order valence-corrected chi connectivity index (χ2v) is 8.38. The van der Waals surface area contributed by atoms with Crippen molar-refractivity contribution in [3.05, 3.63) is 119 Å². The van der Waals surface area contributed by atoms with E-state index in [0.29, 0.717) is 24.7 Å². The molecule has 0 spiro atoms. The Balaban J connectivity index is 1.57. The highest BCUT2D eigenvalue weighted by molar-refractivity contribution is 5.75. The van der Waals surface area contributed by atoms with E-state index in [1.807, 2.05) is 109 Å².